The zero-order valence-corrected chi connectivity index (χ0v) is 27.3. The normalized spacial score (nSPS) is 21.0. The van der Waals surface area contributed by atoms with Crippen molar-refractivity contribution >= 4 is 21.5 Å². The fourth-order valence-corrected chi connectivity index (χ4v) is 7.62. The topological polar surface area (TPSA) is 73.8 Å². The second kappa shape index (κ2) is 11.6. The Kier molecular flexibility index (Phi) is 7.92. The maximum Gasteiger partial charge on any atom is 0.138 e. The van der Waals surface area contributed by atoms with Crippen LogP contribution in [0.3, 0.4) is 0 Å². The van der Waals surface area contributed by atoms with Gasteiger partial charge < -0.3 is 37.9 Å². The summed E-state index contributed by atoms with van der Waals surface area (Å²) in [7, 11) is 10.2. The molecule has 2 aliphatic heterocycles. The molecule has 0 saturated heterocycles. The van der Waals surface area contributed by atoms with Crippen molar-refractivity contribution in [1.29, 1.82) is 0 Å². The van der Waals surface area contributed by atoms with Gasteiger partial charge in [0.15, 0.2) is 0 Å². The standard InChI is InChI=1S/C36H42O8/c1-17-15-25-27(19(3)43-17)35(41-9)29-23(31(25)37-5)13-11-21(33(29)39-7)22-12-14-24-30(34(22)40-8)36(42-10)28-20(4)44-18(2)16-26(28)32(24)38-6/h11-14,17-20H,15-16H2,1-10H3/t17-,18-,19-,20-/m0/s1. The Hall–Kier alpha value is -3.88. The van der Waals surface area contributed by atoms with Gasteiger partial charge in [0, 0.05) is 57.0 Å². The Labute approximate surface area is 259 Å². The highest BCUT2D eigenvalue weighted by Gasteiger charge is 2.35. The van der Waals surface area contributed by atoms with E-state index in [1.165, 1.54) is 0 Å². The van der Waals surface area contributed by atoms with Gasteiger partial charge in [-0.3, -0.25) is 0 Å². The molecule has 0 saturated carbocycles. The highest BCUT2D eigenvalue weighted by atomic mass is 16.5. The van der Waals surface area contributed by atoms with Gasteiger partial charge in [-0.05, 0) is 52.0 Å². The lowest BCUT2D eigenvalue weighted by Gasteiger charge is -2.33. The van der Waals surface area contributed by atoms with Crippen LogP contribution in [0.5, 0.6) is 34.5 Å². The predicted molar refractivity (Wildman–Crippen MR) is 172 cm³/mol. The molecule has 0 aromatic heterocycles. The monoisotopic (exact) mass is 602 g/mol. The molecule has 0 fully saturated rings. The summed E-state index contributed by atoms with van der Waals surface area (Å²) in [5.74, 6) is 4.38. The SMILES string of the molecule is COc1c2c(c(OC)c3c(OC)c(-c4ccc5c(OC)c6c(c(OC)c5c4OC)[C@H](C)O[C@@H](C)C6)ccc13)[C@H](C)O[C@@H](C)C2. The van der Waals surface area contributed by atoms with Gasteiger partial charge in [-0.15, -0.1) is 0 Å². The molecule has 2 heterocycles. The van der Waals surface area contributed by atoms with E-state index in [9.17, 15) is 0 Å². The molecule has 0 unspecified atom stereocenters. The summed E-state index contributed by atoms with van der Waals surface area (Å²) in [6, 6.07) is 8.26. The second-order valence-electron chi connectivity index (χ2n) is 11.6. The lowest BCUT2D eigenvalue weighted by atomic mass is 9.86. The Morgan fingerprint density at radius 1 is 0.477 bits per heavy atom. The number of fused-ring (bicyclic) bond motifs is 4. The third-order valence-electron chi connectivity index (χ3n) is 9.13. The van der Waals surface area contributed by atoms with E-state index in [2.05, 4.69) is 52.0 Å². The van der Waals surface area contributed by atoms with Gasteiger partial charge in [-0.25, -0.2) is 0 Å². The van der Waals surface area contributed by atoms with Crippen molar-refractivity contribution in [2.75, 3.05) is 42.7 Å². The predicted octanol–water partition coefficient (Wildman–Crippen LogP) is 7.76. The van der Waals surface area contributed by atoms with Crippen LogP contribution in [0.25, 0.3) is 32.7 Å². The van der Waals surface area contributed by atoms with Crippen molar-refractivity contribution in [3.05, 3.63) is 46.5 Å². The number of hydrogen-bond acceptors (Lipinski definition) is 8. The summed E-state index contributed by atoms with van der Waals surface area (Å²) in [6.45, 7) is 8.27. The number of rotatable bonds is 7. The first-order valence-corrected chi connectivity index (χ1v) is 15.1. The van der Waals surface area contributed by atoms with E-state index in [4.69, 9.17) is 37.9 Å². The number of ether oxygens (including phenoxy) is 8. The van der Waals surface area contributed by atoms with Gasteiger partial charge in [-0.2, -0.15) is 0 Å². The molecular formula is C36H42O8. The molecule has 0 N–H and O–H groups in total. The first-order valence-electron chi connectivity index (χ1n) is 15.1. The summed E-state index contributed by atoms with van der Waals surface area (Å²) < 4.78 is 49.4. The molecule has 4 aromatic carbocycles. The Morgan fingerprint density at radius 2 is 0.818 bits per heavy atom. The summed E-state index contributed by atoms with van der Waals surface area (Å²) in [6.07, 6.45) is 1.21. The van der Waals surface area contributed by atoms with E-state index in [1.807, 2.05) is 0 Å². The van der Waals surface area contributed by atoms with E-state index in [-0.39, 0.29) is 24.4 Å². The molecule has 2 aliphatic rings. The van der Waals surface area contributed by atoms with Crippen LogP contribution in [0.4, 0.5) is 0 Å². The Bertz CT molecular complexity index is 1630. The molecule has 4 aromatic rings. The molecule has 8 heteroatoms. The van der Waals surface area contributed by atoms with Gasteiger partial charge in [0.25, 0.3) is 0 Å². The number of methoxy groups -OCH3 is 6. The minimum atomic E-state index is -0.180. The van der Waals surface area contributed by atoms with Crippen molar-refractivity contribution in [3.63, 3.8) is 0 Å². The van der Waals surface area contributed by atoms with Crippen LogP contribution in [-0.4, -0.2) is 54.9 Å². The van der Waals surface area contributed by atoms with Gasteiger partial charge in [-0.1, -0.05) is 0 Å². The average molecular weight is 603 g/mol. The lowest BCUT2D eigenvalue weighted by Crippen LogP contribution is -2.23. The third-order valence-corrected chi connectivity index (χ3v) is 9.13. The molecule has 0 amide bonds. The smallest absolute Gasteiger partial charge is 0.138 e. The maximum atomic E-state index is 6.25. The van der Waals surface area contributed by atoms with Gasteiger partial charge in [0.2, 0.25) is 0 Å². The molecule has 44 heavy (non-hydrogen) atoms. The van der Waals surface area contributed by atoms with Crippen molar-refractivity contribution in [2.24, 2.45) is 0 Å². The summed E-state index contributed by atoms with van der Waals surface area (Å²) in [5, 5.41) is 3.47. The van der Waals surface area contributed by atoms with Gasteiger partial charge in [0.1, 0.15) is 34.5 Å². The van der Waals surface area contributed by atoms with Gasteiger partial charge in [0.05, 0.1) is 77.8 Å². The largest absolute Gasteiger partial charge is 0.496 e. The van der Waals surface area contributed by atoms with Crippen molar-refractivity contribution in [3.8, 4) is 45.6 Å². The van der Waals surface area contributed by atoms with Gasteiger partial charge >= 0.3 is 0 Å². The first kappa shape index (κ1) is 30.2. The Morgan fingerprint density at radius 3 is 1.14 bits per heavy atom. The van der Waals surface area contributed by atoms with E-state index in [0.29, 0.717) is 11.5 Å². The fraction of sp³-hybridized carbons (Fsp3) is 0.444. The molecule has 234 valence electrons. The first-order chi connectivity index (χ1) is 21.2. The van der Waals surface area contributed by atoms with Crippen molar-refractivity contribution in [1.82, 2.24) is 0 Å². The highest BCUT2D eigenvalue weighted by Crippen LogP contribution is 2.56. The highest BCUT2D eigenvalue weighted by molar-refractivity contribution is 6.08. The minimum absolute atomic E-state index is 0.0608. The lowest BCUT2D eigenvalue weighted by molar-refractivity contribution is -0.00672. The van der Waals surface area contributed by atoms with Crippen LogP contribution < -0.4 is 28.4 Å². The van der Waals surface area contributed by atoms with Crippen LogP contribution in [0.15, 0.2) is 24.3 Å². The zero-order valence-electron chi connectivity index (χ0n) is 27.3. The summed E-state index contributed by atoms with van der Waals surface area (Å²) in [5.41, 5.74) is 5.86. The van der Waals surface area contributed by atoms with Crippen LogP contribution in [0.2, 0.25) is 0 Å². The number of benzene rings is 4. The number of hydrogen-bond donors (Lipinski definition) is 0. The third kappa shape index (κ3) is 4.33. The summed E-state index contributed by atoms with van der Waals surface area (Å²) in [4.78, 5) is 0. The molecular weight excluding hydrogens is 560 g/mol. The molecule has 0 aliphatic carbocycles. The van der Waals surface area contributed by atoms with Crippen LogP contribution in [-0.2, 0) is 22.3 Å². The quantitative estimate of drug-likeness (QED) is 0.213. The maximum absolute atomic E-state index is 6.25. The molecule has 8 nitrogen and oxygen atoms in total. The van der Waals surface area contributed by atoms with Crippen LogP contribution in [0.1, 0.15) is 62.2 Å². The zero-order chi connectivity index (χ0) is 31.4. The Balaban J connectivity index is 1.71. The fourth-order valence-electron chi connectivity index (χ4n) is 7.62. The van der Waals surface area contributed by atoms with Crippen molar-refractivity contribution in [2.45, 2.75) is 65.0 Å². The second-order valence-corrected chi connectivity index (χ2v) is 11.6. The minimum Gasteiger partial charge on any atom is -0.496 e. The van der Waals surface area contributed by atoms with Crippen LogP contribution >= 0.6 is 0 Å². The molecule has 6 rings (SSSR count). The van der Waals surface area contributed by atoms with E-state index in [0.717, 1.165) is 90.8 Å². The summed E-state index contributed by atoms with van der Waals surface area (Å²) >= 11 is 0. The van der Waals surface area contributed by atoms with Crippen molar-refractivity contribution < 1.29 is 37.9 Å². The van der Waals surface area contributed by atoms with E-state index in [1.54, 1.807) is 42.7 Å². The average Bonchev–Trinajstić information content (AvgIpc) is 3.01. The molecule has 4 atom stereocenters. The molecule has 0 radical (unpaired) electrons. The van der Waals surface area contributed by atoms with Crippen LogP contribution in [0, 0.1) is 0 Å². The van der Waals surface area contributed by atoms with E-state index >= 15 is 0 Å². The molecule has 0 spiro atoms. The van der Waals surface area contributed by atoms with E-state index < -0.39 is 0 Å². The molecule has 0 bridgehead atoms.